The molecule has 0 saturated carbocycles. The summed E-state index contributed by atoms with van der Waals surface area (Å²) in [5.41, 5.74) is 0.807. The van der Waals surface area contributed by atoms with Crippen LogP contribution in [-0.4, -0.2) is 73.0 Å². The van der Waals surface area contributed by atoms with Gasteiger partial charge in [-0.15, -0.1) is 0 Å². The first-order valence-corrected chi connectivity index (χ1v) is 6.93. The van der Waals surface area contributed by atoms with Crippen LogP contribution < -0.4 is 4.74 Å². The Morgan fingerprint density at radius 2 is 1.86 bits per heavy atom. The fraction of sp³-hybridized carbons (Fsp3) is 0.533. The van der Waals surface area contributed by atoms with Crippen LogP contribution in [0.25, 0.3) is 0 Å². The number of methoxy groups -OCH3 is 2. The molecule has 0 spiro atoms. The standard InChI is InChI=1S/C15H21NO6/c1-20-10-5-3-9(4-6-10)7-16-12-14(19)13(18)11(8-17)22-15(12)21-2/h3-7,11-15,17-19H,8H2,1-2H3/t11-,12-,13+,14-,15?/m1/s1. The third kappa shape index (κ3) is 3.63. The first-order chi connectivity index (χ1) is 10.6. The Morgan fingerprint density at radius 3 is 2.41 bits per heavy atom. The van der Waals surface area contributed by atoms with Crippen LogP contribution in [0.4, 0.5) is 0 Å². The van der Waals surface area contributed by atoms with Crippen LogP contribution in [0.15, 0.2) is 29.3 Å². The maximum atomic E-state index is 10.1. The summed E-state index contributed by atoms with van der Waals surface area (Å²) in [6.07, 6.45) is -2.59. The Labute approximate surface area is 128 Å². The van der Waals surface area contributed by atoms with Crippen molar-refractivity contribution in [1.29, 1.82) is 0 Å². The minimum Gasteiger partial charge on any atom is -0.497 e. The SMILES string of the molecule is COc1ccc(C=N[C@H]2C(OC)O[C@H](CO)[C@H](O)[C@@H]2O)cc1. The molecule has 3 N–H and O–H groups in total. The van der Waals surface area contributed by atoms with Crippen LogP contribution in [0.5, 0.6) is 5.75 Å². The fourth-order valence-corrected chi connectivity index (χ4v) is 2.28. The second-order valence-electron chi connectivity index (χ2n) is 4.98. The van der Waals surface area contributed by atoms with Crippen LogP contribution in [0.3, 0.4) is 0 Å². The van der Waals surface area contributed by atoms with E-state index in [4.69, 9.17) is 19.3 Å². The number of aliphatic hydroxyl groups is 3. The molecular weight excluding hydrogens is 290 g/mol. The average Bonchev–Trinajstić information content (AvgIpc) is 2.56. The molecule has 1 unspecified atom stereocenters. The molecule has 2 rings (SSSR count). The van der Waals surface area contributed by atoms with Crippen LogP contribution in [-0.2, 0) is 9.47 Å². The van der Waals surface area contributed by atoms with Gasteiger partial charge in [0.2, 0.25) is 0 Å². The first-order valence-electron chi connectivity index (χ1n) is 6.93. The van der Waals surface area contributed by atoms with Crippen molar-refractivity contribution in [3.63, 3.8) is 0 Å². The van der Waals surface area contributed by atoms with Gasteiger partial charge in [-0.2, -0.15) is 0 Å². The second-order valence-corrected chi connectivity index (χ2v) is 4.98. The number of benzene rings is 1. The molecule has 1 aromatic rings. The fourth-order valence-electron chi connectivity index (χ4n) is 2.28. The Kier molecular flexibility index (Phi) is 5.87. The van der Waals surface area contributed by atoms with Gasteiger partial charge < -0.3 is 29.5 Å². The number of rotatable bonds is 5. The first kappa shape index (κ1) is 16.9. The summed E-state index contributed by atoms with van der Waals surface area (Å²) in [5, 5.41) is 29.2. The highest BCUT2D eigenvalue weighted by molar-refractivity contribution is 5.79. The molecule has 1 saturated heterocycles. The van der Waals surface area contributed by atoms with Gasteiger partial charge in [0, 0.05) is 13.3 Å². The van der Waals surface area contributed by atoms with Gasteiger partial charge in [-0.1, -0.05) is 0 Å². The van der Waals surface area contributed by atoms with Crippen LogP contribution in [0.2, 0.25) is 0 Å². The van der Waals surface area contributed by atoms with E-state index in [-0.39, 0.29) is 0 Å². The number of aliphatic hydroxyl groups excluding tert-OH is 3. The summed E-state index contributed by atoms with van der Waals surface area (Å²) >= 11 is 0. The van der Waals surface area contributed by atoms with Gasteiger partial charge in [0.15, 0.2) is 6.29 Å². The van der Waals surface area contributed by atoms with Crippen molar-refractivity contribution in [2.45, 2.75) is 30.6 Å². The van der Waals surface area contributed by atoms with Crippen LogP contribution >= 0.6 is 0 Å². The van der Waals surface area contributed by atoms with E-state index in [9.17, 15) is 10.2 Å². The van der Waals surface area contributed by atoms with E-state index < -0.39 is 37.3 Å². The van der Waals surface area contributed by atoms with Gasteiger partial charge >= 0.3 is 0 Å². The summed E-state index contributed by atoms with van der Waals surface area (Å²) in [4.78, 5) is 4.25. The third-order valence-electron chi connectivity index (χ3n) is 3.59. The summed E-state index contributed by atoms with van der Waals surface area (Å²) in [6, 6.07) is 6.42. The lowest BCUT2D eigenvalue weighted by Crippen LogP contribution is -2.58. The molecule has 122 valence electrons. The zero-order chi connectivity index (χ0) is 16.1. The maximum Gasteiger partial charge on any atom is 0.182 e. The van der Waals surface area contributed by atoms with Crippen molar-refractivity contribution in [2.75, 3.05) is 20.8 Å². The molecule has 7 nitrogen and oxygen atoms in total. The number of hydrogen-bond donors (Lipinski definition) is 3. The minimum absolute atomic E-state index is 0.410. The molecule has 22 heavy (non-hydrogen) atoms. The summed E-state index contributed by atoms with van der Waals surface area (Å²) < 4.78 is 15.6. The molecule has 7 heteroatoms. The molecule has 1 fully saturated rings. The van der Waals surface area contributed by atoms with Gasteiger partial charge in [0.05, 0.1) is 13.7 Å². The van der Waals surface area contributed by atoms with Gasteiger partial charge in [0.1, 0.15) is 30.1 Å². The maximum absolute atomic E-state index is 10.1. The Balaban J connectivity index is 2.12. The van der Waals surface area contributed by atoms with Crippen LogP contribution in [0.1, 0.15) is 5.56 Å². The van der Waals surface area contributed by atoms with Crippen molar-refractivity contribution < 1.29 is 29.5 Å². The lowest BCUT2D eigenvalue weighted by Gasteiger charge is -2.39. The summed E-state index contributed by atoms with van der Waals surface area (Å²) in [5.74, 6) is 0.731. The number of nitrogens with zero attached hydrogens (tertiary/aromatic N) is 1. The number of ether oxygens (including phenoxy) is 3. The largest absolute Gasteiger partial charge is 0.497 e. The second kappa shape index (κ2) is 7.66. The average molecular weight is 311 g/mol. The van der Waals surface area contributed by atoms with E-state index in [2.05, 4.69) is 4.99 Å². The highest BCUT2D eigenvalue weighted by Gasteiger charge is 2.44. The van der Waals surface area contributed by atoms with Gasteiger partial charge in [-0.25, -0.2) is 0 Å². The van der Waals surface area contributed by atoms with Crippen molar-refractivity contribution in [1.82, 2.24) is 0 Å². The molecule has 0 aliphatic carbocycles. The molecule has 5 atom stereocenters. The zero-order valence-electron chi connectivity index (χ0n) is 12.5. The van der Waals surface area contributed by atoms with E-state index >= 15 is 0 Å². The van der Waals surface area contributed by atoms with Gasteiger partial charge in [0.25, 0.3) is 0 Å². The van der Waals surface area contributed by atoms with Crippen molar-refractivity contribution in [2.24, 2.45) is 4.99 Å². The topological polar surface area (TPSA) is 101 Å². The van der Waals surface area contributed by atoms with E-state index in [0.717, 1.165) is 11.3 Å². The molecule has 1 aliphatic heterocycles. The Hall–Kier alpha value is -1.51. The molecule has 1 aromatic carbocycles. The highest BCUT2D eigenvalue weighted by atomic mass is 16.7. The quantitative estimate of drug-likeness (QED) is 0.638. The lowest BCUT2D eigenvalue weighted by molar-refractivity contribution is -0.257. The predicted octanol–water partition coefficient (Wildman–Crippen LogP) is -0.432. The smallest absolute Gasteiger partial charge is 0.182 e. The predicted molar refractivity (Wildman–Crippen MR) is 79.1 cm³/mol. The highest BCUT2D eigenvalue weighted by Crippen LogP contribution is 2.24. The van der Waals surface area contributed by atoms with E-state index in [1.54, 1.807) is 25.5 Å². The zero-order valence-corrected chi connectivity index (χ0v) is 12.5. The van der Waals surface area contributed by atoms with Gasteiger partial charge in [-0.05, 0) is 29.8 Å². The van der Waals surface area contributed by atoms with E-state index in [1.807, 2.05) is 12.1 Å². The third-order valence-corrected chi connectivity index (χ3v) is 3.59. The van der Waals surface area contributed by atoms with Gasteiger partial charge in [-0.3, -0.25) is 4.99 Å². The normalized spacial score (nSPS) is 32.3. The summed E-state index contributed by atoms with van der Waals surface area (Å²) in [6.45, 7) is -0.410. The van der Waals surface area contributed by atoms with Crippen LogP contribution in [0, 0.1) is 0 Å². The summed E-state index contributed by atoms with van der Waals surface area (Å²) in [7, 11) is 3.00. The molecule has 1 heterocycles. The molecular formula is C15H21NO6. The van der Waals surface area contributed by atoms with Crippen molar-refractivity contribution >= 4 is 6.21 Å². The Morgan fingerprint density at radius 1 is 1.18 bits per heavy atom. The van der Waals surface area contributed by atoms with Crippen molar-refractivity contribution in [3.05, 3.63) is 29.8 Å². The van der Waals surface area contributed by atoms with E-state index in [1.165, 1.54) is 7.11 Å². The molecule has 0 aromatic heterocycles. The molecule has 0 amide bonds. The van der Waals surface area contributed by atoms with E-state index in [0.29, 0.717) is 0 Å². The monoisotopic (exact) mass is 311 g/mol. The molecule has 0 radical (unpaired) electrons. The number of aliphatic imine (C=N–C) groups is 1. The molecule has 1 aliphatic rings. The number of hydrogen-bond acceptors (Lipinski definition) is 7. The minimum atomic E-state index is -1.23. The van der Waals surface area contributed by atoms with Crippen molar-refractivity contribution in [3.8, 4) is 5.75 Å². The lowest BCUT2D eigenvalue weighted by atomic mass is 9.97. The Bertz CT molecular complexity index is 489. The molecule has 0 bridgehead atoms.